The Hall–Kier alpha value is -1.41. The topological polar surface area (TPSA) is 17.1 Å². The number of carbonyl (C=O) groups excluding carboxylic acids is 1. The molecule has 0 unspecified atom stereocenters. The predicted molar refractivity (Wildman–Crippen MR) is 68.8 cm³/mol. The Morgan fingerprint density at radius 2 is 1.75 bits per heavy atom. The molecule has 0 aliphatic carbocycles. The number of rotatable bonds is 2. The van der Waals surface area contributed by atoms with Crippen LogP contribution in [-0.4, -0.2) is 5.78 Å². The molecule has 0 saturated carbocycles. The van der Waals surface area contributed by atoms with E-state index in [-0.39, 0.29) is 5.78 Å². The monoisotopic (exact) mass is 274 g/mol. The van der Waals surface area contributed by atoms with Crippen molar-refractivity contribution in [1.82, 2.24) is 0 Å². The van der Waals surface area contributed by atoms with E-state index in [1.165, 1.54) is 0 Å². The van der Waals surface area contributed by atoms with Crippen LogP contribution in [0, 0.1) is 6.92 Å². The average Bonchev–Trinajstić information content (AvgIpc) is 2.29. The zero-order valence-electron chi connectivity index (χ0n) is 8.91. The molecule has 0 radical (unpaired) electrons. The van der Waals surface area contributed by atoms with E-state index in [1.54, 1.807) is 0 Å². The molecule has 2 aromatic carbocycles. The second-order valence-corrected chi connectivity index (χ2v) is 4.53. The van der Waals surface area contributed by atoms with E-state index in [9.17, 15) is 4.79 Å². The molecule has 16 heavy (non-hydrogen) atoms. The fourth-order valence-electron chi connectivity index (χ4n) is 1.55. The Balaban J connectivity index is 2.42. The largest absolute Gasteiger partial charge is 0.289 e. The maximum Gasteiger partial charge on any atom is 0.194 e. The van der Waals surface area contributed by atoms with Crippen LogP contribution >= 0.6 is 15.9 Å². The second-order valence-electron chi connectivity index (χ2n) is 3.68. The minimum atomic E-state index is 0.0486. The molecule has 1 nitrogen and oxygen atoms in total. The molecule has 2 aromatic rings. The maximum atomic E-state index is 12.1. The van der Waals surface area contributed by atoms with Gasteiger partial charge in [-0.2, -0.15) is 0 Å². The van der Waals surface area contributed by atoms with E-state index in [1.807, 2.05) is 55.5 Å². The number of carbonyl (C=O) groups is 1. The van der Waals surface area contributed by atoms with E-state index in [4.69, 9.17) is 0 Å². The van der Waals surface area contributed by atoms with Crippen molar-refractivity contribution in [3.63, 3.8) is 0 Å². The van der Waals surface area contributed by atoms with Crippen LogP contribution < -0.4 is 0 Å². The van der Waals surface area contributed by atoms with Gasteiger partial charge in [0, 0.05) is 15.6 Å². The summed E-state index contributed by atoms with van der Waals surface area (Å²) in [6, 6.07) is 15.1. The number of halogens is 1. The first-order valence-electron chi connectivity index (χ1n) is 5.04. The third-order valence-corrected chi connectivity index (χ3v) is 3.06. The van der Waals surface area contributed by atoms with Gasteiger partial charge in [-0.05, 0) is 24.6 Å². The molecule has 2 rings (SSSR count). The van der Waals surface area contributed by atoms with Crippen LogP contribution in [0.5, 0.6) is 0 Å². The van der Waals surface area contributed by atoms with Gasteiger partial charge in [0.1, 0.15) is 0 Å². The van der Waals surface area contributed by atoms with Gasteiger partial charge < -0.3 is 0 Å². The molecule has 0 heterocycles. The summed E-state index contributed by atoms with van der Waals surface area (Å²) in [7, 11) is 0. The third-order valence-electron chi connectivity index (χ3n) is 2.41. The Bertz CT molecular complexity index is 518. The van der Waals surface area contributed by atoms with Gasteiger partial charge in [-0.15, -0.1) is 0 Å². The van der Waals surface area contributed by atoms with E-state index in [2.05, 4.69) is 15.9 Å². The third kappa shape index (κ3) is 2.22. The molecule has 0 atom stereocenters. The van der Waals surface area contributed by atoms with Crippen LogP contribution in [0.15, 0.2) is 53.0 Å². The molecule has 2 heteroatoms. The highest BCUT2D eigenvalue weighted by Crippen LogP contribution is 2.21. The normalized spacial score (nSPS) is 10.1. The molecule has 0 amide bonds. The standard InChI is InChI=1S/C14H11BrO/c1-10-7-8-12(13(15)9-10)14(16)11-5-3-2-4-6-11/h2-9H,1H3. The van der Waals surface area contributed by atoms with Crippen molar-refractivity contribution >= 4 is 21.7 Å². The maximum absolute atomic E-state index is 12.1. The summed E-state index contributed by atoms with van der Waals surface area (Å²) in [4.78, 5) is 12.1. The zero-order valence-corrected chi connectivity index (χ0v) is 10.5. The van der Waals surface area contributed by atoms with Crippen molar-refractivity contribution in [3.05, 3.63) is 69.7 Å². The highest BCUT2D eigenvalue weighted by atomic mass is 79.9. The van der Waals surface area contributed by atoms with Gasteiger partial charge in [0.25, 0.3) is 0 Å². The smallest absolute Gasteiger partial charge is 0.194 e. The summed E-state index contributed by atoms with van der Waals surface area (Å²) < 4.78 is 0.848. The number of aryl methyl sites for hydroxylation is 1. The number of hydrogen-bond acceptors (Lipinski definition) is 1. The average molecular weight is 275 g/mol. The fourth-order valence-corrected chi connectivity index (χ4v) is 2.22. The first-order chi connectivity index (χ1) is 7.68. The van der Waals surface area contributed by atoms with Crippen molar-refractivity contribution in [2.24, 2.45) is 0 Å². The molecule has 0 fully saturated rings. The predicted octanol–water partition coefficient (Wildman–Crippen LogP) is 3.99. The molecular formula is C14H11BrO. The summed E-state index contributed by atoms with van der Waals surface area (Å²) in [5.74, 6) is 0.0486. The summed E-state index contributed by atoms with van der Waals surface area (Å²) in [5.41, 5.74) is 2.56. The summed E-state index contributed by atoms with van der Waals surface area (Å²) in [6.07, 6.45) is 0. The van der Waals surface area contributed by atoms with Gasteiger partial charge >= 0.3 is 0 Å². The lowest BCUT2D eigenvalue weighted by atomic mass is 10.0. The molecule has 0 N–H and O–H groups in total. The Kier molecular flexibility index (Phi) is 3.20. The van der Waals surface area contributed by atoms with Crippen molar-refractivity contribution in [2.75, 3.05) is 0 Å². The lowest BCUT2D eigenvalue weighted by Gasteiger charge is -2.04. The van der Waals surface area contributed by atoms with Gasteiger partial charge in [-0.3, -0.25) is 4.79 Å². The Labute approximate surface area is 103 Å². The summed E-state index contributed by atoms with van der Waals surface area (Å²) in [6.45, 7) is 2.00. The van der Waals surface area contributed by atoms with Crippen LogP contribution in [0.2, 0.25) is 0 Å². The van der Waals surface area contributed by atoms with E-state index in [0.717, 1.165) is 10.0 Å². The van der Waals surface area contributed by atoms with E-state index >= 15 is 0 Å². The fraction of sp³-hybridized carbons (Fsp3) is 0.0714. The molecular weight excluding hydrogens is 264 g/mol. The Morgan fingerprint density at radius 1 is 1.06 bits per heavy atom. The first-order valence-corrected chi connectivity index (χ1v) is 5.83. The first kappa shape index (κ1) is 11.1. The molecule has 0 saturated heterocycles. The minimum Gasteiger partial charge on any atom is -0.289 e. The number of ketones is 1. The van der Waals surface area contributed by atoms with Crippen molar-refractivity contribution in [3.8, 4) is 0 Å². The van der Waals surface area contributed by atoms with Crippen LogP contribution in [0.1, 0.15) is 21.5 Å². The minimum absolute atomic E-state index is 0.0486. The van der Waals surface area contributed by atoms with Gasteiger partial charge in [0.05, 0.1) is 0 Å². The molecule has 80 valence electrons. The lowest BCUT2D eigenvalue weighted by molar-refractivity contribution is 0.103. The number of benzene rings is 2. The molecule has 0 aliphatic rings. The number of hydrogen-bond donors (Lipinski definition) is 0. The van der Waals surface area contributed by atoms with Crippen molar-refractivity contribution < 1.29 is 4.79 Å². The summed E-state index contributed by atoms with van der Waals surface area (Å²) >= 11 is 3.42. The zero-order chi connectivity index (χ0) is 11.5. The molecule has 0 aromatic heterocycles. The van der Waals surface area contributed by atoms with Gasteiger partial charge in [0.2, 0.25) is 0 Å². The molecule has 0 aliphatic heterocycles. The molecule has 0 spiro atoms. The van der Waals surface area contributed by atoms with E-state index < -0.39 is 0 Å². The van der Waals surface area contributed by atoms with Crippen LogP contribution in [0.25, 0.3) is 0 Å². The van der Waals surface area contributed by atoms with Crippen LogP contribution in [0.4, 0.5) is 0 Å². The van der Waals surface area contributed by atoms with Gasteiger partial charge in [-0.25, -0.2) is 0 Å². The quantitative estimate of drug-likeness (QED) is 0.757. The van der Waals surface area contributed by atoms with Crippen molar-refractivity contribution in [2.45, 2.75) is 6.92 Å². The summed E-state index contributed by atoms with van der Waals surface area (Å²) in [5, 5.41) is 0. The lowest BCUT2D eigenvalue weighted by Crippen LogP contribution is -2.02. The van der Waals surface area contributed by atoms with Crippen LogP contribution in [-0.2, 0) is 0 Å². The van der Waals surface area contributed by atoms with Gasteiger partial charge in [-0.1, -0.05) is 52.3 Å². The van der Waals surface area contributed by atoms with E-state index in [0.29, 0.717) is 11.1 Å². The second kappa shape index (κ2) is 4.62. The highest BCUT2D eigenvalue weighted by Gasteiger charge is 2.11. The Morgan fingerprint density at radius 3 is 2.38 bits per heavy atom. The highest BCUT2D eigenvalue weighted by molar-refractivity contribution is 9.10. The molecule has 0 bridgehead atoms. The van der Waals surface area contributed by atoms with Crippen molar-refractivity contribution in [1.29, 1.82) is 0 Å². The van der Waals surface area contributed by atoms with Crippen LogP contribution in [0.3, 0.4) is 0 Å². The SMILES string of the molecule is Cc1ccc(C(=O)c2ccccc2)c(Br)c1. The van der Waals surface area contributed by atoms with Gasteiger partial charge in [0.15, 0.2) is 5.78 Å².